The molecule has 0 aliphatic rings. The highest BCUT2D eigenvalue weighted by Gasteiger charge is 2.05. The molecule has 0 aliphatic heterocycles. The Bertz CT molecular complexity index is 398. The Labute approximate surface area is 135 Å². The molecule has 0 N–H and O–H groups in total. The molecular formula is C19H30O3. The van der Waals surface area contributed by atoms with Crippen LogP contribution >= 0.6 is 0 Å². The largest absolute Gasteiger partial charge is 0.513 e. The molecule has 0 radical (unpaired) electrons. The van der Waals surface area contributed by atoms with E-state index in [1.807, 2.05) is 24.3 Å². The summed E-state index contributed by atoms with van der Waals surface area (Å²) in [6.45, 7) is 4.83. The molecule has 0 spiro atoms. The molecule has 1 rings (SSSR count). The van der Waals surface area contributed by atoms with E-state index in [0.29, 0.717) is 12.4 Å². The van der Waals surface area contributed by atoms with Crippen LogP contribution in [-0.2, 0) is 11.2 Å². The zero-order valence-electron chi connectivity index (χ0n) is 14.1. The number of ether oxygens (including phenoxy) is 2. The summed E-state index contributed by atoms with van der Waals surface area (Å²) < 4.78 is 10.2. The van der Waals surface area contributed by atoms with Gasteiger partial charge >= 0.3 is 6.16 Å². The molecule has 22 heavy (non-hydrogen) atoms. The fourth-order valence-corrected chi connectivity index (χ4v) is 2.27. The number of carbonyl (C=O) groups excluding carboxylic acids is 1. The molecule has 0 saturated heterocycles. The lowest BCUT2D eigenvalue weighted by Crippen LogP contribution is -2.11. The smallest absolute Gasteiger partial charge is 0.434 e. The first kappa shape index (κ1) is 18.5. The van der Waals surface area contributed by atoms with Gasteiger partial charge in [0, 0.05) is 0 Å². The van der Waals surface area contributed by atoms with Crippen molar-refractivity contribution in [1.29, 1.82) is 0 Å². The van der Waals surface area contributed by atoms with Crippen molar-refractivity contribution in [2.75, 3.05) is 6.61 Å². The first-order valence-electron chi connectivity index (χ1n) is 8.69. The molecule has 0 aliphatic carbocycles. The lowest BCUT2D eigenvalue weighted by Gasteiger charge is -2.07. The Hall–Kier alpha value is -1.51. The molecule has 0 bridgehead atoms. The van der Waals surface area contributed by atoms with Crippen LogP contribution in [0, 0.1) is 0 Å². The summed E-state index contributed by atoms with van der Waals surface area (Å²) in [6.07, 6.45) is 9.88. The van der Waals surface area contributed by atoms with E-state index in [9.17, 15) is 4.79 Å². The van der Waals surface area contributed by atoms with E-state index < -0.39 is 6.16 Å². The van der Waals surface area contributed by atoms with E-state index >= 15 is 0 Å². The number of hydrogen-bond donors (Lipinski definition) is 0. The average Bonchev–Trinajstić information content (AvgIpc) is 2.53. The number of hydrogen-bond acceptors (Lipinski definition) is 3. The third kappa shape index (κ3) is 8.71. The molecule has 0 aromatic heterocycles. The molecule has 0 fully saturated rings. The minimum Gasteiger partial charge on any atom is -0.434 e. The molecule has 0 unspecified atom stereocenters. The van der Waals surface area contributed by atoms with Crippen LogP contribution in [0.3, 0.4) is 0 Å². The number of unbranched alkanes of at least 4 members (excludes halogenated alkanes) is 6. The number of rotatable bonds is 11. The van der Waals surface area contributed by atoms with Crippen LogP contribution in [0.2, 0.25) is 0 Å². The zero-order valence-corrected chi connectivity index (χ0v) is 14.1. The SMILES string of the molecule is CCCCCCCCOC(=O)Oc1ccc(CCCC)cc1. The molecule has 3 nitrogen and oxygen atoms in total. The molecule has 1 aromatic rings. The second kappa shape index (κ2) is 12.1. The average molecular weight is 306 g/mol. The summed E-state index contributed by atoms with van der Waals surface area (Å²) in [4.78, 5) is 11.6. The maximum atomic E-state index is 11.6. The van der Waals surface area contributed by atoms with Gasteiger partial charge in [-0.25, -0.2) is 4.79 Å². The maximum absolute atomic E-state index is 11.6. The monoisotopic (exact) mass is 306 g/mol. The second-order valence-corrected chi connectivity index (χ2v) is 5.72. The standard InChI is InChI=1S/C19H30O3/c1-3-5-7-8-9-10-16-21-19(20)22-18-14-12-17(13-15-18)11-6-4-2/h12-15H,3-11,16H2,1-2H3. The Balaban J connectivity index is 2.13. The van der Waals surface area contributed by atoms with E-state index in [2.05, 4.69) is 13.8 Å². The van der Waals surface area contributed by atoms with Crippen LogP contribution in [0.25, 0.3) is 0 Å². The van der Waals surface area contributed by atoms with Crippen LogP contribution in [0.15, 0.2) is 24.3 Å². The van der Waals surface area contributed by atoms with Gasteiger partial charge in [0.1, 0.15) is 5.75 Å². The van der Waals surface area contributed by atoms with E-state index in [0.717, 1.165) is 19.3 Å². The van der Waals surface area contributed by atoms with E-state index in [-0.39, 0.29) is 0 Å². The van der Waals surface area contributed by atoms with Gasteiger partial charge in [0.2, 0.25) is 0 Å². The van der Waals surface area contributed by atoms with Crippen molar-refractivity contribution in [1.82, 2.24) is 0 Å². The molecule has 0 atom stereocenters. The first-order valence-corrected chi connectivity index (χ1v) is 8.69. The van der Waals surface area contributed by atoms with E-state index in [4.69, 9.17) is 9.47 Å². The van der Waals surface area contributed by atoms with Crippen molar-refractivity contribution in [2.24, 2.45) is 0 Å². The molecular weight excluding hydrogens is 276 g/mol. The maximum Gasteiger partial charge on any atom is 0.513 e. The molecule has 3 heteroatoms. The summed E-state index contributed by atoms with van der Waals surface area (Å²) >= 11 is 0. The third-order valence-corrected chi connectivity index (χ3v) is 3.66. The van der Waals surface area contributed by atoms with Gasteiger partial charge in [-0.05, 0) is 37.0 Å². The van der Waals surface area contributed by atoms with Gasteiger partial charge < -0.3 is 9.47 Å². The lowest BCUT2D eigenvalue weighted by atomic mass is 10.1. The summed E-state index contributed by atoms with van der Waals surface area (Å²) in [5.41, 5.74) is 1.27. The van der Waals surface area contributed by atoms with Crippen molar-refractivity contribution >= 4 is 6.16 Å². The lowest BCUT2D eigenvalue weighted by molar-refractivity contribution is 0.0973. The van der Waals surface area contributed by atoms with Crippen LogP contribution in [0.5, 0.6) is 5.75 Å². The minimum absolute atomic E-state index is 0.444. The van der Waals surface area contributed by atoms with Crippen LogP contribution in [-0.4, -0.2) is 12.8 Å². The van der Waals surface area contributed by atoms with Crippen molar-refractivity contribution in [3.05, 3.63) is 29.8 Å². The number of carbonyl (C=O) groups is 1. The third-order valence-electron chi connectivity index (χ3n) is 3.66. The Morgan fingerprint density at radius 1 is 0.864 bits per heavy atom. The molecule has 0 saturated carbocycles. The predicted octanol–water partition coefficient (Wildman–Crippen LogP) is 5.91. The quantitative estimate of drug-likeness (QED) is 0.290. The second-order valence-electron chi connectivity index (χ2n) is 5.72. The van der Waals surface area contributed by atoms with Crippen LogP contribution < -0.4 is 4.74 Å². The highest BCUT2D eigenvalue weighted by atomic mass is 16.7. The zero-order chi connectivity index (χ0) is 16.0. The van der Waals surface area contributed by atoms with Gasteiger partial charge in [-0.15, -0.1) is 0 Å². The Kier molecular flexibility index (Phi) is 10.2. The van der Waals surface area contributed by atoms with E-state index in [1.54, 1.807) is 0 Å². The number of aryl methyl sites for hydroxylation is 1. The molecule has 1 aromatic carbocycles. The van der Waals surface area contributed by atoms with E-state index in [1.165, 1.54) is 44.1 Å². The minimum atomic E-state index is -0.602. The first-order chi connectivity index (χ1) is 10.8. The van der Waals surface area contributed by atoms with Gasteiger partial charge in [0.05, 0.1) is 6.61 Å². The van der Waals surface area contributed by atoms with Gasteiger partial charge in [0.15, 0.2) is 0 Å². The summed E-state index contributed by atoms with van der Waals surface area (Å²) in [7, 11) is 0. The Morgan fingerprint density at radius 3 is 2.18 bits per heavy atom. The Morgan fingerprint density at radius 2 is 1.50 bits per heavy atom. The van der Waals surface area contributed by atoms with Crippen molar-refractivity contribution in [3.8, 4) is 5.75 Å². The normalized spacial score (nSPS) is 10.5. The topological polar surface area (TPSA) is 35.5 Å². The molecule has 0 heterocycles. The molecule has 0 amide bonds. The highest BCUT2D eigenvalue weighted by Crippen LogP contribution is 2.14. The van der Waals surface area contributed by atoms with Crippen molar-refractivity contribution < 1.29 is 14.3 Å². The fraction of sp³-hybridized carbons (Fsp3) is 0.632. The van der Waals surface area contributed by atoms with Gasteiger partial charge in [-0.1, -0.05) is 64.5 Å². The van der Waals surface area contributed by atoms with Gasteiger partial charge in [0.25, 0.3) is 0 Å². The van der Waals surface area contributed by atoms with Crippen LogP contribution in [0.1, 0.15) is 70.8 Å². The van der Waals surface area contributed by atoms with Crippen LogP contribution in [0.4, 0.5) is 4.79 Å². The summed E-state index contributed by atoms with van der Waals surface area (Å²) in [5.74, 6) is 0.549. The predicted molar refractivity (Wildman–Crippen MR) is 90.4 cm³/mol. The van der Waals surface area contributed by atoms with Crippen molar-refractivity contribution in [3.63, 3.8) is 0 Å². The summed E-state index contributed by atoms with van der Waals surface area (Å²) in [6, 6.07) is 7.67. The van der Waals surface area contributed by atoms with Gasteiger partial charge in [-0.3, -0.25) is 0 Å². The summed E-state index contributed by atoms with van der Waals surface area (Å²) in [5, 5.41) is 0. The molecule has 124 valence electrons. The number of benzene rings is 1. The highest BCUT2D eigenvalue weighted by molar-refractivity contribution is 5.63. The van der Waals surface area contributed by atoms with Crippen molar-refractivity contribution in [2.45, 2.75) is 71.6 Å². The fourth-order valence-electron chi connectivity index (χ4n) is 2.27. The van der Waals surface area contributed by atoms with Gasteiger partial charge in [-0.2, -0.15) is 0 Å².